The van der Waals surface area contributed by atoms with E-state index in [1.54, 1.807) is 0 Å². The van der Waals surface area contributed by atoms with E-state index in [0.29, 0.717) is 0 Å². The highest BCUT2D eigenvalue weighted by Gasteiger charge is 2.45. The van der Waals surface area contributed by atoms with Crippen molar-refractivity contribution in [3.05, 3.63) is 11.7 Å². The van der Waals surface area contributed by atoms with Gasteiger partial charge in [-0.3, -0.25) is 0 Å². The molecule has 4 heteroatoms. The summed E-state index contributed by atoms with van der Waals surface area (Å²) in [5, 5.41) is 7.47. The summed E-state index contributed by atoms with van der Waals surface area (Å²) >= 11 is 0. The topological polar surface area (TPSA) is 51.0 Å². The van der Waals surface area contributed by atoms with E-state index in [0.717, 1.165) is 31.2 Å². The Labute approximate surface area is 89.4 Å². The summed E-state index contributed by atoms with van der Waals surface area (Å²) in [6.07, 6.45) is 3.48. The normalized spacial score (nSPS) is 33.2. The standard InChI is InChI=1S/C11H17N3O/c1-10(3-4-10)8-13-9(15-14-8)11(2)5-6-12-7-11/h12H,3-7H2,1-2H3. The third kappa shape index (κ3) is 1.39. The number of nitrogens with one attached hydrogen (secondary N) is 1. The van der Waals surface area contributed by atoms with E-state index in [4.69, 9.17) is 4.52 Å². The summed E-state index contributed by atoms with van der Waals surface area (Å²) in [4.78, 5) is 4.58. The number of rotatable bonds is 2. The van der Waals surface area contributed by atoms with Crippen LogP contribution in [0.25, 0.3) is 0 Å². The third-order valence-electron chi connectivity index (χ3n) is 3.85. The van der Waals surface area contributed by atoms with Crippen molar-refractivity contribution in [2.45, 2.75) is 43.9 Å². The number of hydrogen-bond acceptors (Lipinski definition) is 4. The Morgan fingerprint density at radius 3 is 2.60 bits per heavy atom. The van der Waals surface area contributed by atoms with Gasteiger partial charge in [-0.05, 0) is 32.7 Å². The van der Waals surface area contributed by atoms with Crippen LogP contribution in [0.4, 0.5) is 0 Å². The molecule has 0 amide bonds. The first-order chi connectivity index (χ1) is 7.12. The highest BCUT2D eigenvalue weighted by atomic mass is 16.5. The van der Waals surface area contributed by atoms with E-state index in [1.807, 2.05) is 0 Å². The Bertz CT molecular complexity index is 375. The molecule has 1 aliphatic heterocycles. The molecule has 3 rings (SSSR count). The molecule has 1 aromatic heterocycles. The van der Waals surface area contributed by atoms with Crippen molar-refractivity contribution in [3.63, 3.8) is 0 Å². The molecule has 2 heterocycles. The molecule has 0 bridgehead atoms. The van der Waals surface area contributed by atoms with Gasteiger partial charge in [0.25, 0.3) is 0 Å². The minimum atomic E-state index is 0.0521. The molecule has 0 radical (unpaired) electrons. The zero-order valence-electron chi connectivity index (χ0n) is 9.34. The maximum Gasteiger partial charge on any atom is 0.233 e. The number of aromatic nitrogens is 2. The molecular weight excluding hydrogens is 190 g/mol. The molecule has 1 atom stereocenters. The van der Waals surface area contributed by atoms with Crippen LogP contribution in [0.3, 0.4) is 0 Å². The Balaban J connectivity index is 1.90. The first-order valence-electron chi connectivity index (χ1n) is 5.68. The predicted molar refractivity (Wildman–Crippen MR) is 55.7 cm³/mol. The molecule has 2 aliphatic rings. The lowest BCUT2D eigenvalue weighted by atomic mass is 9.90. The molecule has 1 unspecified atom stereocenters. The Kier molecular flexibility index (Phi) is 1.75. The Morgan fingerprint density at radius 1 is 1.20 bits per heavy atom. The second-order valence-corrected chi connectivity index (χ2v) is 5.47. The average Bonchev–Trinajstić information content (AvgIpc) is 2.74. The van der Waals surface area contributed by atoms with Gasteiger partial charge in [-0.25, -0.2) is 0 Å². The molecule has 1 N–H and O–H groups in total. The highest BCUT2D eigenvalue weighted by Crippen LogP contribution is 2.46. The molecule has 15 heavy (non-hydrogen) atoms. The van der Waals surface area contributed by atoms with Crippen LogP contribution in [0.15, 0.2) is 4.52 Å². The molecule has 1 saturated heterocycles. The zero-order chi connectivity index (χ0) is 10.5. The smallest absolute Gasteiger partial charge is 0.233 e. The predicted octanol–water partition coefficient (Wildman–Crippen LogP) is 1.37. The van der Waals surface area contributed by atoms with Crippen molar-refractivity contribution in [2.75, 3.05) is 13.1 Å². The summed E-state index contributed by atoms with van der Waals surface area (Å²) in [5.74, 6) is 1.72. The molecule has 1 aromatic rings. The number of hydrogen-bond donors (Lipinski definition) is 1. The van der Waals surface area contributed by atoms with Crippen LogP contribution in [-0.4, -0.2) is 23.2 Å². The summed E-state index contributed by atoms with van der Waals surface area (Å²) in [7, 11) is 0. The van der Waals surface area contributed by atoms with E-state index < -0.39 is 0 Å². The minimum Gasteiger partial charge on any atom is -0.339 e. The molecule has 2 fully saturated rings. The van der Waals surface area contributed by atoms with Crippen molar-refractivity contribution < 1.29 is 4.52 Å². The lowest BCUT2D eigenvalue weighted by Gasteiger charge is -2.16. The second kappa shape index (κ2) is 2.82. The molecule has 1 aliphatic carbocycles. The molecule has 0 spiro atoms. The quantitative estimate of drug-likeness (QED) is 0.795. The fraction of sp³-hybridized carbons (Fsp3) is 0.818. The van der Waals surface area contributed by atoms with Crippen molar-refractivity contribution in [1.82, 2.24) is 15.5 Å². The van der Waals surface area contributed by atoms with Crippen LogP contribution in [0, 0.1) is 0 Å². The molecule has 0 aromatic carbocycles. The van der Waals surface area contributed by atoms with Crippen molar-refractivity contribution in [1.29, 1.82) is 0 Å². The number of nitrogens with zero attached hydrogens (tertiary/aromatic N) is 2. The van der Waals surface area contributed by atoms with Gasteiger partial charge in [0.2, 0.25) is 5.89 Å². The molecule has 1 saturated carbocycles. The van der Waals surface area contributed by atoms with E-state index >= 15 is 0 Å². The Morgan fingerprint density at radius 2 is 2.00 bits per heavy atom. The van der Waals surface area contributed by atoms with E-state index in [2.05, 4.69) is 29.3 Å². The highest BCUT2D eigenvalue weighted by molar-refractivity contribution is 5.17. The second-order valence-electron chi connectivity index (χ2n) is 5.47. The Hall–Kier alpha value is -0.900. The van der Waals surface area contributed by atoms with Crippen LogP contribution in [-0.2, 0) is 10.8 Å². The SMILES string of the molecule is CC1(c2noc(C3(C)CCNC3)n2)CC1. The van der Waals surface area contributed by atoms with E-state index in [9.17, 15) is 0 Å². The van der Waals surface area contributed by atoms with Gasteiger partial charge in [0.15, 0.2) is 5.82 Å². The van der Waals surface area contributed by atoms with Gasteiger partial charge >= 0.3 is 0 Å². The van der Waals surface area contributed by atoms with Gasteiger partial charge in [0.1, 0.15) is 0 Å². The van der Waals surface area contributed by atoms with Crippen LogP contribution < -0.4 is 5.32 Å². The maximum absolute atomic E-state index is 5.42. The van der Waals surface area contributed by atoms with Gasteiger partial charge in [-0.2, -0.15) is 4.98 Å². The third-order valence-corrected chi connectivity index (χ3v) is 3.85. The van der Waals surface area contributed by atoms with Gasteiger partial charge in [-0.15, -0.1) is 0 Å². The molecular formula is C11H17N3O. The zero-order valence-corrected chi connectivity index (χ0v) is 9.34. The van der Waals surface area contributed by atoms with Crippen molar-refractivity contribution in [2.24, 2.45) is 0 Å². The molecule has 4 nitrogen and oxygen atoms in total. The maximum atomic E-state index is 5.42. The van der Waals surface area contributed by atoms with E-state index in [1.165, 1.54) is 12.8 Å². The van der Waals surface area contributed by atoms with Crippen molar-refractivity contribution >= 4 is 0 Å². The summed E-state index contributed by atoms with van der Waals surface area (Å²) in [6.45, 7) is 6.40. The van der Waals surface area contributed by atoms with E-state index in [-0.39, 0.29) is 10.8 Å². The average molecular weight is 207 g/mol. The largest absolute Gasteiger partial charge is 0.339 e. The monoisotopic (exact) mass is 207 g/mol. The molecule has 82 valence electrons. The van der Waals surface area contributed by atoms with Crippen LogP contribution >= 0.6 is 0 Å². The lowest BCUT2D eigenvalue weighted by molar-refractivity contribution is 0.303. The van der Waals surface area contributed by atoms with Crippen LogP contribution in [0.1, 0.15) is 44.8 Å². The minimum absolute atomic E-state index is 0.0521. The first-order valence-corrected chi connectivity index (χ1v) is 5.68. The van der Waals surface area contributed by atoms with Gasteiger partial charge < -0.3 is 9.84 Å². The summed E-state index contributed by atoms with van der Waals surface area (Å²) < 4.78 is 5.42. The first kappa shape index (κ1) is 9.33. The fourth-order valence-electron chi connectivity index (χ4n) is 2.12. The lowest BCUT2D eigenvalue weighted by Crippen LogP contribution is -2.25. The van der Waals surface area contributed by atoms with Gasteiger partial charge in [0, 0.05) is 12.0 Å². The van der Waals surface area contributed by atoms with Gasteiger partial charge in [-0.1, -0.05) is 12.1 Å². The summed E-state index contributed by atoms with van der Waals surface area (Å²) in [6, 6.07) is 0. The summed E-state index contributed by atoms with van der Waals surface area (Å²) in [5.41, 5.74) is 0.265. The fourth-order valence-corrected chi connectivity index (χ4v) is 2.12. The van der Waals surface area contributed by atoms with Crippen LogP contribution in [0.5, 0.6) is 0 Å². The van der Waals surface area contributed by atoms with Crippen molar-refractivity contribution in [3.8, 4) is 0 Å². The van der Waals surface area contributed by atoms with Gasteiger partial charge in [0.05, 0.1) is 5.41 Å². The van der Waals surface area contributed by atoms with Crippen LogP contribution in [0.2, 0.25) is 0 Å².